The Kier molecular flexibility index (Phi) is 8.32. The van der Waals surface area contributed by atoms with Crippen LogP contribution in [0.3, 0.4) is 0 Å². The first-order chi connectivity index (χ1) is 15.3. The molecule has 2 aromatic carbocycles. The number of nitrogens with one attached hydrogen (secondary N) is 1. The van der Waals surface area contributed by atoms with Crippen molar-refractivity contribution in [3.05, 3.63) is 75.8 Å². The van der Waals surface area contributed by atoms with Gasteiger partial charge in [0.1, 0.15) is 5.00 Å². The summed E-state index contributed by atoms with van der Waals surface area (Å²) in [5.74, 6) is -0.703. The third-order valence-electron chi connectivity index (χ3n) is 5.01. The van der Waals surface area contributed by atoms with Crippen molar-refractivity contribution in [2.45, 2.75) is 26.4 Å². The molecule has 0 aliphatic carbocycles. The average molecular weight is 491 g/mol. The van der Waals surface area contributed by atoms with E-state index in [1.54, 1.807) is 26.0 Å². The van der Waals surface area contributed by atoms with Crippen LogP contribution in [0.1, 0.15) is 29.8 Å². The topological polar surface area (TPSA) is 58.6 Å². The molecule has 1 unspecified atom stereocenters. The molecular formula is C24H24Cl2N2O3S. The number of thiophene rings is 1. The Labute approximate surface area is 201 Å². The van der Waals surface area contributed by atoms with Gasteiger partial charge in [-0.25, -0.2) is 4.79 Å². The lowest BCUT2D eigenvalue weighted by molar-refractivity contribution is -0.120. The Morgan fingerprint density at radius 2 is 1.84 bits per heavy atom. The van der Waals surface area contributed by atoms with E-state index in [0.717, 1.165) is 16.0 Å². The molecule has 1 atom stereocenters. The molecule has 1 amide bonds. The second-order valence-electron chi connectivity index (χ2n) is 7.23. The van der Waals surface area contributed by atoms with E-state index in [1.807, 2.05) is 54.4 Å². The molecule has 0 fully saturated rings. The number of likely N-dealkylation sites (N-methyl/N-ethyl adjacent to an activating group) is 1. The Morgan fingerprint density at radius 3 is 2.53 bits per heavy atom. The Morgan fingerprint density at radius 1 is 1.12 bits per heavy atom. The Hall–Kier alpha value is -2.38. The van der Waals surface area contributed by atoms with Gasteiger partial charge in [-0.05, 0) is 44.2 Å². The van der Waals surface area contributed by atoms with Gasteiger partial charge in [0.15, 0.2) is 0 Å². The van der Waals surface area contributed by atoms with Gasteiger partial charge in [0, 0.05) is 11.4 Å². The van der Waals surface area contributed by atoms with Crippen molar-refractivity contribution in [1.29, 1.82) is 0 Å². The maximum atomic E-state index is 13.0. The maximum Gasteiger partial charge on any atom is 0.341 e. The monoisotopic (exact) mass is 490 g/mol. The first-order valence-corrected chi connectivity index (χ1v) is 11.7. The molecule has 0 aliphatic heterocycles. The summed E-state index contributed by atoms with van der Waals surface area (Å²) in [6, 6.07) is 16.4. The lowest BCUT2D eigenvalue weighted by atomic mass is 10.1. The molecule has 8 heteroatoms. The lowest BCUT2D eigenvalue weighted by Gasteiger charge is -2.24. The number of amides is 1. The minimum atomic E-state index is -0.484. The van der Waals surface area contributed by atoms with E-state index in [1.165, 1.54) is 11.3 Å². The smallest absolute Gasteiger partial charge is 0.341 e. The van der Waals surface area contributed by atoms with E-state index in [4.69, 9.17) is 27.9 Å². The van der Waals surface area contributed by atoms with Gasteiger partial charge in [0.2, 0.25) is 5.91 Å². The molecule has 0 bridgehead atoms. The highest BCUT2D eigenvalue weighted by Crippen LogP contribution is 2.36. The number of nitrogens with zero attached hydrogens (tertiary/aromatic N) is 1. The highest BCUT2D eigenvalue weighted by atomic mass is 35.5. The first kappa shape index (κ1) is 24.3. The zero-order valence-corrected chi connectivity index (χ0v) is 20.4. The fraction of sp³-hybridized carbons (Fsp3) is 0.250. The number of carbonyl (C=O) groups is 2. The second-order valence-corrected chi connectivity index (χ2v) is 9.07. The second kappa shape index (κ2) is 11.0. The van der Waals surface area contributed by atoms with Gasteiger partial charge in [0.25, 0.3) is 0 Å². The Balaban J connectivity index is 1.80. The van der Waals surface area contributed by atoms with Crippen molar-refractivity contribution >= 4 is 51.4 Å². The third kappa shape index (κ3) is 5.70. The summed E-state index contributed by atoms with van der Waals surface area (Å²) in [6.07, 6.45) is 0. The molecule has 0 saturated carbocycles. The van der Waals surface area contributed by atoms with Crippen LogP contribution in [-0.2, 0) is 16.1 Å². The Bertz CT molecular complexity index is 1100. The van der Waals surface area contributed by atoms with Crippen molar-refractivity contribution < 1.29 is 14.3 Å². The van der Waals surface area contributed by atoms with Crippen molar-refractivity contribution in [3.8, 4) is 10.4 Å². The summed E-state index contributed by atoms with van der Waals surface area (Å²) in [6.45, 7) is 4.24. The molecule has 1 N–H and O–H groups in total. The molecule has 168 valence electrons. The van der Waals surface area contributed by atoms with E-state index in [9.17, 15) is 9.59 Å². The summed E-state index contributed by atoms with van der Waals surface area (Å²) in [7, 11) is 1.83. The van der Waals surface area contributed by atoms with Gasteiger partial charge >= 0.3 is 5.97 Å². The first-order valence-electron chi connectivity index (χ1n) is 10.1. The minimum absolute atomic E-state index is 0.238. The van der Waals surface area contributed by atoms with Crippen LogP contribution in [0.2, 0.25) is 10.0 Å². The third-order valence-corrected chi connectivity index (χ3v) is 6.97. The summed E-state index contributed by atoms with van der Waals surface area (Å²) in [4.78, 5) is 28.3. The van der Waals surface area contributed by atoms with E-state index in [2.05, 4.69) is 5.32 Å². The molecular weight excluding hydrogens is 467 g/mol. The number of rotatable bonds is 8. The minimum Gasteiger partial charge on any atom is -0.462 e. The number of hydrogen-bond donors (Lipinski definition) is 1. The zero-order chi connectivity index (χ0) is 23.3. The number of anilines is 1. The number of hydrogen-bond acceptors (Lipinski definition) is 5. The highest BCUT2D eigenvalue weighted by molar-refractivity contribution is 7.20. The van der Waals surface area contributed by atoms with Gasteiger partial charge in [-0.1, -0.05) is 65.7 Å². The number of ether oxygens (including phenoxy) is 1. The van der Waals surface area contributed by atoms with Gasteiger partial charge in [0.05, 0.1) is 28.3 Å². The highest BCUT2D eigenvalue weighted by Gasteiger charge is 2.24. The zero-order valence-electron chi connectivity index (χ0n) is 18.0. The normalized spacial score (nSPS) is 11.9. The van der Waals surface area contributed by atoms with Crippen LogP contribution in [0.5, 0.6) is 0 Å². The number of carbonyl (C=O) groups excluding carboxylic acids is 2. The molecule has 1 heterocycles. The van der Waals surface area contributed by atoms with Crippen LogP contribution in [-0.4, -0.2) is 36.5 Å². The van der Waals surface area contributed by atoms with Crippen molar-refractivity contribution in [2.75, 3.05) is 19.0 Å². The number of esters is 1. The van der Waals surface area contributed by atoms with E-state index < -0.39 is 12.0 Å². The summed E-state index contributed by atoms with van der Waals surface area (Å²) >= 11 is 13.7. The summed E-state index contributed by atoms with van der Waals surface area (Å²) in [5, 5.41) is 4.33. The van der Waals surface area contributed by atoms with Crippen molar-refractivity contribution in [3.63, 3.8) is 0 Å². The molecule has 0 radical (unpaired) electrons. The van der Waals surface area contributed by atoms with Crippen LogP contribution in [0.15, 0.2) is 54.6 Å². The van der Waals surface area contributed by atoms with Gasteiger partial charge < -0.3 is 10.1 Å². The van der Waals surface area contributed by atoms with Crippen LogP contribution in [0.4, 0.5) is 5.00 Å². The van der Waals surface area contributed by atoms with E-state index in [0.29, 0.717) is 27.2 Å². The van der Waals surface area contributed by atoms with Crippen LogP contribution >= 0.6 is 34.5 Å². The summed E-state index contributed by atoms with van der Waals surface area (Å²) < 4.78 is 5.19. The van der Waals surface area contributed by atoms with Crippen LogP contribution in [0, 0.1) is 0 Å². The van der Waals surface area contributed by atoms with Crippen LogP contribution in [0.25, 0.3) is 10.4 Å². The largest absolute Gasteiger partial charge is 0.462 e. The number of benzene rings is 2. The summed E-state index contributed by atoms with van der Waals surface area (Å²) in [5.41, 5.74) is 2.14. The lowest BCUT2D eigenvalue weighted by Crippen LogP contribution is -2.39. The molecule has 0 spiro atoms. The van der Waals surface area contributed by atoms with Crippen molar-refractivity contribution in [1.82, 2.24) is 4.90 Å². The van der Waals surface area contributed by atoms with Crippen LogP contribution < -0.4 is 5.32 Å². The molecule has 5 nitrogen and oxygen atoms in total. The predicted molar refractivity (Wildman–Crippen MR) is 132 cm³/mol. The molecule has 0 aliphatic rings. The fourth-order valence-electron chi connectivity index (χ4n) is 3.08. The standard InChI is InChI=1S/C24H24Cl2N2O3S/c1-4-31-24(30)18-13-20(16-9-6-5-7-10-16)32-23(18)27-22(29)15(2)28(3)14-17-11-8-12-19(25)21(17)26/h5-13,15H,4,14H2,1-3H3,(H,27,29). The van der Waals surface area contributed by atoms with E-state index >= 15 is 0 Å². The van der Waals surface area contributed by atoms with Gasteiger partial charge in [-0.3, -0.25) is 9.69 Å². The fourth-order valence-corrected chi connectivity index (χ4v) is 4.52. The van der Waals surface area contributed by atoms with E-state index in [-0.39, 0.29) is 12.5 Å². The molecule has 3 aromatic rings. The molecule has 3 rings (SSSR count). The molecule has 32 heavy (non-hydrogen) atoms. The number of halogens is 2. The maximum absolute atomic E-state index is 13.0. The quantitative estimate of drug-likeness (QED) is 0.373. The molecule has 1 aromatic heterocycles. The average Bonchev–Trinajstić information content (AvgIpc) is 3.21. The predicted octanol–water partition coefficient (Wildman–Crippen LogP) is 6.36. The van der Waals surface area contributed by atoms with Crippen molar-refractivity contribution in [2.24, 2.45) is 0 Å². The van der Waals surface area contributed by atoms with Gasteiger partial charge in [-0.15, -0.1) is 11.3 Å². The van der Waals surface area contributed by atoms with Gasteiger partial charge in [-0.2, -0.15) is 0 Å². The molecule has 0 saturated heterocycles. The SMILES string of the molecule is CCOC(=O)c1cc(-c2ccccc2)sc1NC(=O)C(C)N(C)Cc1cccc(Cl)c1Cl.